The number of rotatable bonds is 4. The number of nitrogens with one attached hydrogen (secondary N) is 1. The van der Waals surface area contributed by atoms with Gasteiger partial charge in [0.1, 0.15) is 0 Å². The van der Waals surface area contributed by atoms with E-state index >= 15 is 0 Å². The molecule has 3 heterocycles. The molecule has 0 aromatic carbocycles. The molecular formula is C15H17N5O2. The van der Waals surface area contributed by atoms with Crippen LogP contribution in [-0.4, -0.2) is 47.1 Å². The van der Waals surface area contributed by atoms with Crippen molar-refractivity contribution in [1.82, 2.24) is 20.3 Å². The number of hydrogen-bond donors (Lipinski definition) is 1. The molecule has 1 aliphatic rings. The van der Waals surface area contributed by atoms with E-state index in [1.165, 1.54) is 0 Å². The molecule has 22 heavy (non-hydrogen) atoms. The maximum absolute atomic E-state index is 12.2. The van der Waals surface area contributed by atoms with Crippen molar-refractivity contribution in [2.24, 2.45) is 0 Å². The normalized spacial score (nSPS) is 17.3. The van der Waals surface area contributed by atoms with E-state index in [-0.39, 0.29) is 11.9 Å². The molecule has 2 aromatic heterocycles. The molecular weight excluding hydrogens is 282 g/mol. The summed E-state index contributed by atoms with van der Waals surface area (Å²) in [4.78, 5) is 26.6. The van der Waals surface area contributed by atoms with E-state index in [0.29, 0.717) is 23.8 Å². The van der Waals surface area contributed by atoms with Crippen molar-refractivity contribution in [3.05, 3.63) is 42.5 Å². The Morgan fingerprint density at radius 2 is 2.05 bits per heavy atom. The van der Waals surface area contributed by atoms with Crippen LogP contribution in [0.25, 0.3) is 0 Å². The fourth-order valence-electron chi connectivity index (χ4n) is 2.52. The van der Waals surface area contributed by atoms with Gasteiger partial charge in [-0.2, -0.15) is 0 Å². The zero-order chi connectivity index (χ0) is 15.4. The van der Waals surface area contributed by atoms with Crippen LogP contribution >= 0.6 is 0 Å². The maximum Gasteiger partial charge on any atom is 0.257 e. The first-order chi connectivity index (χ1) is 10.8. The van der Waals surface area contributed by atoms with Crippen LogP contribution in [0.15, 0.2) is 36.9 Å². The third-order valence-corrected chi connectivity index (χ3v) is 3.61. The van der Waals surface area contributed by atoms with Crippen molar-refractivity contribution in [2.75, 3.05) is 25.1 Å². The van der Waals surface area contributed by atoms with Gasteiger partial charge in [-0.1, -0.05) is 0 Å². The van der Waals surface area contributed by atoms with Crippen LogP contribution in [0.5, 0.6) is 5.88 Å². The minimum Gasteiger partial charge on any atom is -0.478 e. The lowest BCUT2D eigenvalue weighted by molar-refractivity contribution is 0.0940. The lowest BCUT2D eigenvalue weighted by Gasteiger charge is -2.19. The van der Waals surface area contributed by atoms with Gasteiger partial charge < -0.3 is 15.0 Å². The van der Waals surface area contributed by atoms with Gasteiger partial charge in [0, 0.05) is 49.5 Å². The molecule has 7 heteroatoms. The standard InChI is InChI=1S/C15H17N5O2/c1-22-15-13(17-7-8-18-15)20-9-4-12(10-20)19-14(21)11-2-5-16-6-3-11/h2-3,5-8,12H,4,9-10H2,1H3,(H,19,21)/t12-/m0/s1. The van der Waals surface area contributed by atoms with Gasteiger partial charge in [0.2, 0.25) is 0 Å². The quantitative estimate of drug-likeness (QED) is 0.903. The predicted octanol–water partition coefficient (Wildman–Crippen LogP) is 0.889. The molecule has 1 saturated heterocycles. The third-order valence-electron chi connectivity index (χ3n) is 3.61. The highest BCUT2D eigenvalue weighted by atomic mass is 16.5. The highest BCUT2D eigenvalue weighted by Crippen LogP contribution is 2.25. The molecule has 1 atom stereocenters. The number of amides is 1. The lowest BCUT2D eigenvalue weighted by atomic mass is 10.2. The average molecular weight is 299 g/mol. The maximum atomic E-state index is 12.2. The number of pyridine rings is 1. The number of carbonyl (C=O) groups excluding carboxylic acids is 1. The smallest absolute Gasteiger partial charge is 0.257 e. The minimum atomic E-state index is -0.0830. The van der Waals surface area contributed by atoms with Crippen LogP contribution in [0.2, 0.25) is 0 Å². The summed E-state index contributed by atoms with van der Waals surface area (Å²) in [5, 5.41) is 3.03. The van der Waals surface area contributed by atoms with Gasteiger partial charge in [0.05, 0.1) is 7.11 Å². The van der Waals surface area contributed by atoms with Crippen LogP contribution in [0.3, 0.4) is 0 Å². The van der Waals surface area contributed by atoms with E-state index in [1.807, 2.05) is 0 Å². The third kappa shape index (κ3) is 2.98. The Morgan fingerprint density at radius 3 is 2.82 bits per heavy atom. The summed E-state index contributed by atoms with van der Waals surface area (Å²) in [6.07, 6.45) is 7.32. The summed E-state index contributed by atoms with van der Waals surface area (Å²) in [5.41, 5.74) is 0.616. The average Bonchev–Trinajstić information content (AvgIpc) is 3.04. The molecule has 1 fully saturated rings. The van der Waals surface area contributed by atoms with Crippen LogP contribution in [0, 0.1) is 0 Å². The van der Waals surface area contributed by atoms with Crippen molar-refractivity contribution < 1.29 is 9.53 Å². The van der Waals surface area contributed by atoms with Crippen molar-refractivity contribution in [1.29, 1.82) is 0 Å². The summed E-state index contributed by atoms with van der Waals surface area (Å²) >= 11 is 0. The van der Waals surface area contributed by atoms with Crippen LogP contribution in [0.4, 0.5) is 5.82 Å². The molecule has 0 aliphatic carbocycles. The monoisotopic (exact) mass is 299 g/mol. The molecule has 1 aliphatic heterocycles. The number of ether oxygens (including phenoxy) is 1. The molecule has 0 spiro atoms. The highest BCUT2D eigenvalue weighted by molar-refractivity contribution is 5.94. The molecule has 2 aromatic rings. The SMILES string of the molecule is COc1nccnc1N1CC[C@H](NC(=O)c2ccncc2)C1. The molecule has 0 bridgehead atoms. The minimum absolute atomic E-state index is 0.0763. The Balaban J connectivity index is 1.64. The van der Waals surface area contributed by atoms with Crippen molar-refractivity contribution in [3.63, 3.8) is 0 Å². The Labute approximate surface area is 128 Å². The fourth-order valence-corrected chi connectivity index (χ4v) is 2.52. The van der Waals surface area contributed by atoms with E-state index < -0.39 is 0 Å². The van der Waals surface area contributed by atoms with E-state index in [1.54, 1.807) is 44.0 Å². The van der Waals surface area contributed by atoms with Gasteiger partial charge in [-0.3, -0.25) is 9.78 Å². The van der Waals surface area contributed by atoms with Gasteiger partial charge >= 0.3 is 0 Å². The Hall–Kier alpha value is -2.70. The number of nitrogens with zero attached hydrogens (tertiary/aromatic N) is 4. The van der Waals surface area contributed by atoms with Crippen molar-refractivity contribution >= 4 is 11.7 Å². The van der Waals surface area contributed by atoms with Gasteiger partial charge in [-0.15, -0.1) is 0 Å². The largest absolute Gasteiger partial charge is 0.478 e. The second-order valence-corrected chi connectivity index (χ2v) is 5.03. The van der Waals surface area contributed by atoms with Crippen molar-refractivity contribution in [2.45, 2.75) is 12.5 Å². The molecule has 0 saturated carbocycles. The molecule has 1 amide bonds. The first kappa shape index (κ1) is 14.2. The van der Waals surface area contributed by atoms with E-state index in [9.17, 15) is 4.79 Å². The number of aromatic nitrogens is 3. The molecule has 114 valence electrons. The number of carbonyl (C=O) groups is 1. The molecule has 3 rings (SSSR count). The highest BCUT2D eigenvalue weighted by Gasteiger charge is 2.27. The lowest BCUT2D eigenvalue weighted by Crippen LogP contribution is -2.37. The first-order valence-corrected chi connectivity index (χ1v) is 7.09. The van der Waals surface area contributed by atoms with Gasteiger partial charge in [0.25, 0.3) is 11.8 Å². The van der Waals surface area contributed by atoms with E-state index in [0.717, 1.165) is 13.0 Å². The summed E-state index contributed by atoms with van der Waals surface area (Å²) in [5.74, 6) is 1.13. The summed E-state index contributed by atoms with van der Waals surface area (Å²) in [6, 6.07) is 3.48. The van der Waals surface area contributed by atoms with Crippen LogP contribution < -0.4 is 15.0 Å². The molecule has 1 N–H and O–H groups in total. The molecule has 7 nitrogen and oxygen atoms in total. The number of methoxy groups -OCH3 is 1. The van der Waals surface area contributed by atoms with Gasteiger partial charge in [-0.25, -0.2) is 9.97 Å². The number of hydrogen-bond acceptors (Lipinski definition) is 6. The number of anilines is 1. The molecule has 0 unspecified atom stereocenters. The predicted molar refractivity (Wildman–Crippen MR) is 80.9 cm³/mol. The summed E-state index contributed by atoms with van der Waals surface area (Å²) < 4.78 is 5.23. The zero-order valence-corrected chi connectivity index (χ0v) is 12.3. The van der Waals surface area contributed by atoms with Gasteiger partial charge in [0.15, 0.2) is 5.82 Å². The van der Waals surface area contributed by atoms with E-state index in [2.05, 4.69) is 25.2 Å². The summed E-state index contributed by atoms with van der Waals surface area (Å²) in [7, 11) is 1.58. The Kier molecular flexibility index (Phi) is 4.13. The zero-order valence-electron chi connectivity index (χ0n) is 12.3. The Bertz CT molecular complexity index is 649. The van der Waals surface area contributed by atoms with Crippen LogP contribution in [0.1, 0.15) is 16.8 Å². The molecule has 0 radical (unpaired) electrons. The second kappa shape index (κ2) is 6.38. The second-order valence-electron chi connectivity index (χ2n) is 5.03. The Morgan fingerprint density at radius 1 is 1.27 bits per heavy atom. The van der Waals surface area contributed by atoms with E-state index in [4.69, 9.17) is 4.74 Å². The van der Waals surface area contributed by atoms with Crippen molar-refractivity contribution in [3.8, 4) is 5.88 Å². The summed E-state index contributed by atoms with van der Waals surface area (Å²) in [6.45, 7) is 1.49. The van der Waals surface area contributed by atoms with Crippen LogP contribution in [-0.2, 0) is 0 Å². The first-order valence-electron chi connectivity index (χ1n) is 7.09. The fraction of sp³-hybridized carbons (Fsp3) is 0.333. The van der Waals surface area contributed by atoms with Gasteiger partial charge in [-0.05, 0) is 18.6 Å². The topological polar surface area (TPSA) is 80.2 Å².